The minimum atomic E-state index is -3.53. The number of hydrogen-bond acceptors (Lipinski definition) is 3. The highest BCUT2D eigenvalue weighted by atomic mass is 35.5. The van der Waals surface area contributed by atoms with E-state index in [0.29, 0.717) is 4.90 Å². The van der Waals surface area contributed by atoms with Crippen LogP contribution in [0, 0.1) is 0 Å². The third-order valence-corrected chi connectivity index (χ3v) is 4.99. The summed E-state index contributed by atoms with van der Waals surface area (Å²) >= 11 is 0. The molecule has 0 aliphatic carbocycles. The van der Waals surface area contributed by atoms with Gasteiger partial charge in [-0.05, 0) is 53.7 Å². The number of hydrazine groups is 1. The van der Waals surface area contributed by atoms with Gasteiger partial charge in [0.25, 0.3) is 10.0 Å². The van der Waals surface area contributed by atoms with Gasteiger partial charge in [-0.25, -0.2) is 13.4 Å². The SMILES string of the molecule is CC(C)N(C(C)C)N(C(C)C)S(=O)(=O)c1ccccc1.Cl. The molecule has 0 spiro atoms. The zero-order valence-electron chi connectivity index (χ0n) is 13.6. The highest BCUT2D eigenvalue weighted by Gasteiger charge is 2.35. The summed E-state index contributed by atoms with van der Waals surface area (Å²) in [5.41, 5.74) is 0. The second kappa shape index (κ2) is 8.13. The summed E-state index contributed by atoms with van der Waals surface area (Å²) in [5.74, 6) is 0. The van der Waals surface area contributed by atoms with Crippen molar-refractivity contribution in [2.45, 2.75) is 64.6 Å². The Hall–Kier alpha value is -0.620. The lowest BCUT2D eigenvalue weighted by molar-refractivity contribution is -0.0244. The van der Waals surface area contributed by atoms with E-state index in [1.807, 2.05) is 52.6 Å². The molecule has 0 N–H and O–H groups in total. The molecule has 0 fully saturated rings. The Morgan fingerprint density at radius 2 is 1.24 bits per heavy atom. The molecule has 6 heteroatoms. The van der Waals surface area contributed by atoms with Crippen molar-refractivity contribution in [3.8, 4) is 0 Å². The summed E-state index contributed by atoms with van der Waals surface area (Å²) < 4.78 is 27.3. The van der Waals surface area contributed by atoms with Crippen molar-refractivity contribution in [3.05, 3.63) is 30.3 Å². The first-order valence-electron chi connectivity index (χ1n) is 7.07. The predicted octanol–water partition coefficient (Wildman–Crippen LogP) is 3.54. The van der Waals surface area contributed by atoms with Crippen molar-refractivity contribution >= 4 is 22.4 Å². The molecular formula is C15H27ClN2O2S. The lowest BCUT2D eigenvalue weighted by Crippen LogP contribution is -2.55. The Morgan fingerprint density at radius 1 is 0.810 bits per heavy atom. The molecule has 21 heavy (non-hydrogen) atoms. The molecule has 1 rings (SSSR count). The fourth-order valence-corrected chi connectivity index (χ4v) is 4.32. The predicted molar refractivity (Wildman–Crippen MR) is 90.0 cm³/mol. The Bertz CT molecular complexity index is 508. The average molecular weight is 335 g/mol. The highest BCUT2D eigenvalue weighted by Crippen LogP contribution is 2.23. The summed E-state index contributed by atoms with van der Waals surface area (Å²) in [5, 5.41) is 1.92. The fourth-order valence-electron chi connectivity index (χ4n) is 2.42. The van der Waals surface area contributed by atoms with Crippen LogP contribution in [0.1, 0.15) is 41.5 Å². The molecule has 1 aromatic carbocycles. The normalized spacial score (nSPS) is 12.5. The first-order chi connectivity index (χ1) is 9.19. The van der Waals surface area contributed by atoms with Crippen LogP contribution in [0.2, 0.25) is 0 Å². The second-order valence-corrected chi connectivity index (χ2v) is 7.55. The molecular weight excluding hydrogens is 308 g/mol. The molecule has 0 atom stereocenters. The molecule has 0 aromatic heterocycles. The van der Waals surface area contributed by atoms with Crippen molar-refractivity contribution in [2.24, 2.45) is 0 Å². The Balaban J connectivity index is 0.00000400. The van der Waals surface area contributed by atoms with E-state index in [0.717, 1.165) is 0 Å². The topological polar surface area (TPSA) is 40.6 Å². The van der Waals surface area contributed by atoms with Crippen LogP contribution in [-0.2, 0) is 10.0 Å². The minimum absolute atomic E-state index is 0. The van der Waals surface area contributed by atoms with E-state index < -0.39 is 10.0 Å². The van der Waals surface area contributed by atoms with Crippen LogP contribution >= 0.6 is 12.4 Å². The third-order valence-electron chi connectivity index (χ3n) is 3.01. The van der Waals surface area contributed by atoms with Gasteiger partial charge < -0.3 is 0 Å². The molecule has 1 aromatic rings. The van der Waals surface area contributed by atoms with Crippen LogP contribution in [0.5, 0.6) is 0 Å². The van der Waals surface area contributed by atoms with E-state index in [1.54, 1.807) is 24.3 Å². The minimum Gasteiger partial charge on any atom is -0.223 e. The van der Waals surface area contributed by atoms with Crippen LogP contribution in [0.3, 0.4) is 0 Å². The molecule has 0 bridgehead atoms. The number of sulfonamides is 1. The maximum Gasteiger partial charge on any atom is 0.256 e. The lowest BCUT2D eigenvalue weighted by Gasteiger charge is -2.41. The van der Waals surface area contributed by atoms with E-state index in [-0.39, 0.29) is 30.5 Å². The van der Waals surface area contributed by atoms with Gasteiger partial charge in [-0.3, -0.25) is 0 Å². The van der Waals surface area contributed by atoms with Crippen LogP contribution in [-0.4, -0.2) is 36.0 Å². The number of nitrogens with zero attached hydrogens (tertiary/aromatic N) is 2. The van der Waals surface area contributed by atoms with Gasteiger partial charge in [-0.2, -0.15) is 0 Å². The van der Waals surface area contributed by atoms with Crippen molar-refractivity contribution in [1.29, 1.82) is 0 Å². The molecule has 0 saturated heterocycles. The van der Waals surface area contributed by atoms with Crippen LogP contribution < -0.4 is 0 Å². The smallest absolute Gasteiger partial charge is 0.223 e. The van der Waals surface area contributed by atoms with Crippen molar-refractivity contribution in [3.63, 3.8) is 0 Å². The third kappa shape index (κ3) is 4.68. The van der Waals surface area contributed by atoms with E-state index in [9.17, 15) is 8.42 Å². The van der Waals surface area contributed by atoms with E-state index >= 15 is 0 Å². The van der Waals surface area contributed by atoms with Gasteiger partial charge >= 0.3 is 0 Å². The zero-order chi connectivity index (χ0) is 15.5. The summed E-state index contributed by atoms with van der Waals surface area (Å²) in [6.07, 6.45) is 0. The molecule has 0 saturated carbocycles. The summed E-state index contributed by atoms with van der Waals surface area (Å²) in [7, 11) is -3.53. The molecule has 0 aliphatic rings. The van der Waals surface area contributed by atoms with Gasteiger partial charge in [0.05, 0.1) is 4.90 Å². The Kier molecular flexibility index (Phi) is 7.89. The molecule has 0 unspecified atom stereocenters. The van der Waals surface area contributed by atoms with Crippen LogP contribution in [0.4, 0.5) is 0 Å². The summed E-state index contributed by atoms with van der Waals surface area (Å²) in [6, 6.07) is 8.69. The molecule has 122 valence electrons. The fraction of sp³-hybridized carbons (Fsp3) is 0.600. The van der Waals surface area contributed by atoms with Crippen LogP contribution in [0.25, 0.3) is 0 Å². The number of benzene rings is 1. The lowest BCUT2D eigenvalue weighted by atomic mass is 10.3. The van der Waals surface area contributed by atoms with Crippen molar-refractivity contribution < 1.29 is 8.42 Å². The van der Waals surface area contributed by atoms with Crippen LogP contribution in [0.15, 0.2) is 35.2 Å². The Morgan fingerprint density at radius 3 is 1.57 bits per heavy atom. The van der Waals surface area contributed by atoms with Gasteiger partial charge in [0, 0.05) is 18.1 Å². The van der Waals surface area contributed by atoms with Crippen molar-refractivity contribution in [2.75, 3.05) is 0 Å². The highest BCUT2D eigenvalue weighted by molar-refractivity contribution is 7.89. The first-order valence-corrected chi connectivity index (χ1v) is 8.51. The average Bonchev–Trinajstić information content (AvgIpc) is 2.35. The van der Waals surface area contributed by atoms with Gasteiger partial charge in [-0.15, -0.1) is 16.8 Å². The van der Waals surface area contributed by atoms with E-state index in [1.165, 1.54) is 4.41 Å². The molecule has 0 radical (unpaired) electrons. The maximum absolute atomic E-state index is 12.9. The quantitative estimate of drug-likeness (QED) is 0.747. The molecule has 0 amide bonds. The van der Waals surface area contributed by atoms with Crippen molar-refractivity contribution in [1.82, 2.24) is 9.42 Å². The van der Waals surface area contributed by atoms with E-state index in [2.05, 4.69) is 0 Å². The van der Waals surface area contributed by atoms with Gasteiger partial charge in [0.15, 0.2) is 0 Å². The zero-order valence-corrected chi connectivity index (χ0v) is 15.3. The first kappa shape index (κ1) is 20.4. The summed E-state index contributed by atoms with van der Waals surface area (Å²) in [4.78, 5) is 0.333. The molecule has 4 nitrogen and oxygen atoms in total. The van der Waals surface area contributed by atoms with Gasteiger partial charge in [0.1, 0.15) is 0 Å². The number of hydrogen-bond donors (Lipinski definition) is 0. The van der Waals surface area contributed by atoms with Gasteiger partial charge in [0.2, 0.25) is 0 Å². The monoisotopic (exact) mass is 334 g/mol. The largest absolute Gasteiger partial charge is 0.256 e. The standard InChI is InChI=1S/C15H26N2O2S.ClH/c1-12(2)16(13(3)4)17(14(5)6)20(18,19)15-10-8-7-9-11-15;/h7-14H,1-6H3;1H. The van der Waals surface area contributed by atoms with E-state index in [4.69, 9.17) is 0 Å². The molecule has 0 aliphatic heterocycles. The molecule has 0 heterocycles. The number of rotatable bonds is 6. The number of halogens is 1. The summed E-state index contributed by atoms with van der Waals surface area (Å²) in [6.45, 7) is 11.8. The Labute approximate surface area is 135 Å². The van der Waals surface area contributed by atoms with Gasteiger partial charge in [-0.1, -0.05) is 18.2 Å². The second-order valence-electron chi connectivity index (χ2n) is 5.75. The maximum atomic E-state index is 12.9.